The van der Waals surface area contributed by atoms with E-state index in [1.807, 2.05) is 0 Å². The van der Waals surface area contributed by atoms with Gasteiger partial charge >= 0.3 is 12.0 Å². The van der Waals surface area contributed by atoms with E-state index in [1.54, 1.807) is 6.92 Å². The van der Waals surface area contributed by atoms with Crippen LogP contribution < -0.4 is 5.32 Å². The summed E-state index contributed by atoms with van der Waals surface area (Å²) in [6, 6.07) is -3.69. The van der Waals surface area contributed by atoms with Crippen LogP contribution in [0.15, 0.2) is 11.3 Å². The van der Waals surface area contributed by atoms with Crippen LogP contribution in [0.3, 0.4) is 0 Å². The number of hydrogen-bond acceptors (Lipinski definition) is 6. The largest absolute Gasteiger partial charge is 0.512 e. The number of esters is 1. The third kappa shape index (κ3) is 2.04. The minimum Gasteiger partial charge on any atom is -0.512 e. The number of urea groups is 1. The molecule has 3 atom stereocenters. The number of aliphatic hydroxyl groups is 1. The molecule has 1 aliphatic carbocycles. The number of ether oxygens (including phenoxy) is 1. The van der Waals surface area contributed by atoms with Gasteiger partial charge in [-0.2, -0.15) is 0 Å². The van der Waals surface area contributed by atoms with E-state index < -0.39 is 35.0 Å². The summed E-state index contributed by atoms with van der Waals surface area (Å²) in [6.07, 6.45) is -0.139. The molecule has 1 heterocycles. The summed E-state index contributed by atoms with van der Waals surface area (Å²) in [5.74, 6) is -1.12. The van der Waals surface area contributed by atoms with Crippen LogP contribution in [-0.4, -0.2) is 58.7 Å². The van der Waals surface area contributed by atoms with Crippen molar-refractivity contribution in [2.24, 2.45) is 0 Å². The van der Waals surface area contributed by atoms with E-state index in [0.29, 0.717) is 0 Å². The number of nitro groups is 1. The Bertz CT molecular complexity index is 502. The molecule has 0 aromatic carbocycles. The van der Waals surface area contributed by atoms with Crippen LogP contribution in [0.5, 0.6) is 0 Å². The number of amides is 2. The molecule has 2 amide bonds. The molecule has 110 valence electrons. The zero-order valence-electron chi connectivity index (χ0n) is 11.0. The van der Waals surface area contributed by atoms with Crippen molar-refractivity contribution in [3.05, 3.63) is 21.4 Å². The highest BCUT2D eigenvalue weighted by atomic mass is 16.6. The molecule has 1 fully saturated rings. The van der Waals surface area contributed by atoms with Crippen LogP contribution in [-0.2, 0) is 9.53 Å². The van der Waals surface area contributed by atoms with E-state index in [1.165, 1.54) is 11.9 Å². The van der Waals surface area contributed by atoms with Crippen molar-refractivity contribution in [2.45, 2.75) is 31.5 Å². The number of fused-ring (bicyclic) bond motifs is 2. The van der Waals surface area contributed by atoms with Crippen molar-refractivity contribution in [3.8, 4) is 0 Å². The molecule has 2 rings (SSSR count). The summed E-state index contributed by atoms with van der Waals surface area (Å²) in [7, 11) is 1.41. The van der Waals surface area contributed by atoms with E-state index >= 15 is 0 Å². The molecule has 0 aromatic heterocycles. The highest BCUT2D eigenvalue weighted by Gasteiger charge is 2.55. The van der Waals surface area contributed by atoms with Gasteiger partial charge in [-0.1, -0.05) is 0 Å². The first-order valence-electron chi connectivity index (χ1n) is 6.14. The second-order valence-corrected chi connectivity index (χ2v) is 4.67. The molecule has 2 aliphatic rings. The zero-order valence-corrected chi connectivity index (χ0v) is 11.0. The van der Waals surface area contributed by atoms with Gasteiger partial charge in [-0.3, -0.25) is 10.1 Å². The quantitative estimate of drug-likeness (QED) is 0.421. The summed E-state index contributed by atoms with van der Waals surface area (Å²) >= 11 is 0. The third-order valence-corrected chi connectivity index (χ3v) is 3.60. The maximum absolute atomic E-state index is 11.8. The highest BCUT2D eigenvalue weighted by Crippen LogP contribution is 2.32. The maximum Gasteiger partial charge on any atom is 0.339 e. The summed E-state index contributed by atoms with van der Waals surface area (Å²) in [5.41, 5.74) is -0.230. The van der Waals surface area contributed by atoms with Crippen molar-refractivity contribution in [3.63, 3.8) is 0 Å². The molecular formula is C11H15N3O6. The van der Waals surface area contributed by atoms with E-state index in [9.17, 15) is 24.8 Å². The van der Waals surface area contributed by atoms with E-state index in [-0.39, 0.29) is 24.4 Å². The maximum atomic E-state index is 11.8. The number of hydrogen-bond donors (Lipinski definition) is 2. The first kappa shape index (κ1) is 14.1. The molecule has 1 saturated heterocycles. The molecule has 9 nitrogen and oxygen atoms in total. The monoisotopic (exact) mass is 285 g/mol. The Balaban J connectivity index is 2.45. The fraction of sp³-hybridized carbons (Fsp3) is 0.636. The second-order valence-electron chi connectivity index (χ2n) is 4.67. The van der Waals surface area contributed by atoms with Gasteiger partial charge in [0.2, 0.25) is 0 Å². The van der Waals surface area contributed by atoms with Crippen LogP contribution in [0.4, 0.5) is 4.79 Å². The smallest absolute Gasteiger partial charge is 0.339 e. The van der Waals surface area contributed by atoms with E-state index in [2.05, 4.69) is 5.32 Å². The summed E-state index contributed by atoms with van der Waals surface area (Å²) < 4.78 is 4.79. The Morgan fingerprint density at radius 2 is 2.30 bits per heavy atom. The molecule has 0 saturated carbocycles. The highest BCUT2D eigenvalue weighted by molar-refractivity contribution is 5.93. The van der Waals surface area contributed by atoms with Gasteiger partial charge in [0.15, 0.2) is 0 Å². The zero-order chi connectivity index (χ0) is 15.0. The van der Waals surface area contributed by atoms with Crippen LogP contribution in [0.25, 0.3) is 0 Å². The van der Waals surface area contributed by atoms with Crippen molar-refractivity contribution >= 4 is 12.0 Å². The Labute approximate surface area is 114 Å². The number of rotatable bonds is 3. The van der Waals surface area contributed by atoms with Crippen LogP contribution >= 0.6 is 0 Å². The Kier molecular flexibility index (Phi) is 3.51. The van der Waals surface area contributed by atoms with Crippen LogP contribution in [0, 0.1) is 10.1 Å². The topological polar surface area (TPSA) is 122 Å². The van der Waals surface area contributed by atoms with Crippen LogP contribution in [0.2, 0.25) is 0 Å². The minimum atomic E-state index is -1.20. The number of carbonyl (C=O) groups is 2. The normalized spacial score (nSPS) is 29.0. The van der Waals surface area contributed by atoms with Crippen molar-refractivity contribution in [2.75, 3.05) is 13.7 Å². The van der Waals surface area contributed by atoms with Gasteiger partial charge in [0, 0.05) is 18.4 Å². The fourth-order valence-electron chi connectivity index (χ4n) is 2.63. The van der Waals surface area contributed by atoms with Gasteiger partial charge in [0.1, 0.15) is 23.4 Å². The average Bonchev–Trinajstić information content (AvgIpc) is 2.35. The third-order valence-electron chi connectivity index (χ3n) is 3.60. The predicted molar refractivity (Wildman–Crippen MR) is 65.6 cm³/mol. The molecule has 0 unspecified atom stereocenters. The molecule has 2 bridgehead atoms. The predicted octanol–water partition coefficient (Wildman–Crippen LogP) is -0.197. The molecule has 2 N–H and O–H groups in total. The minimum absolute atomic E-state index is 0.0722. The van der Waals surface area contributed by atoms with Crippen molar-refractivity contribution in [1.82, 2.24) is 10.2 Å². The molecular weight excluding hydrogens is 270 g/mol. The Morgan fingerprint density at radius 3 is 2.85 bits per heavy atom. The Hall–Kier alpha value is -2.32. The second kappa shape index (κ2) is 4.99. The van der Waals surface area contributed by atoms with E-state index in [4.69, 9.17) is 4.74 Å². The summed E-state index contributed by atoms with van der Waals surface area (Å²) in [5, 5.41) is 23.6. The SMILES string of the molecule is CCOC(=O)C1=C(O)C[C@H]2[C@H]([N+](=O)[O-])[C@H]1NC(=O)N2C. The van der Waals surface area contributed by atoms with Gasteiger partial charge < -0.3 is 20.1 Å². The number of aliphatic hydroxyl groups excluding tert-OH is 1. The van der Waals surface area contributed by atoms with Crippen molar-refractivity contribution < 1.29 is 24.4 Å². The number of nitrogens with one attached hydrogen (secondary N) is 1. The lowest BCUT2D eigenvalue weighted by atomic mass is 9.82. The fourth-order valence-corrected chi connectivity index (χ4v) is 2.63. The van der Waals surface area contributed by atoms with Gasteiger partial charge in [-0.15, -0.1) is 0 Å². The summed E-state index contributed by atoms with van der Waals surface area (Å²) in [6.45, 7) is 1.65. The first-order valence-corrected chi connectivity index (χ1v) is 6.14. The van der Waals surface area contributed by atoms with Crippen LogP contribution in [0.1, 0.15) is 13.3 Å². The molecule has 1 aliphatic heterocycles. The van der Waals surface area contributed by atoms with E-state index in [0.717, 1.165) is 0 Å². The lowest BCUT2D eigenvalue weighted by molar-refractivity contribution is -0.534. The number of nitrogens with zero attached hydrogens (tertiary/aromatic N) is 2. The van der Waals surface area contributed by atoms with Crippen molar-refractivity contribution in [1.29, 1.82) is 0 Å². The van der Waals surface area contributed by atoms with Gasteiger partial charge in [-0.25, -0.2) is 9.59 Å². The molecule has 0 radical (unpaired) electrons. The standard InChI is InChI=1S/C11H15N3O6/c1-3-20-10(16)7-6(15)4-5-9(14(18)19)8(7)12-11(17)13(5)2/h5,8-9,15H,3-4H2,1-2H3,(H,12,17)/t5-,8-,9-/m0/s1. The van der Waals surface area contributed by atoms with Gasteiger partial charge in [0.05, 0.1) is 6.61 Å². The first-order chi connectivity index (χ1) is 9.38. The number of likely N-dealkylation sites (N-methyl/N-ethyl adjacent to an activating group) is 1. The average molecular weight is 285 g/mol. The molecule has 9 heteroatoms. The number of carbonyl (C=O) groups excluding carboxylic acids is 2. The molecule has 0 spiro atoms. The lowest BCUT2D eigenvalue weighted by Gasteiger charge is -2.42. The van der Waals surface area contributed by atoms with Gasteiger partial charge in [-0.05, 0) is 6.92 Å². The summed E-state index contributed by atoms with van der Waals surface area (Å²) in [4.78, 5) is 35.4. The lowest BCUT2D eigenvalue weighted by Crippen LogP contribution is -2.68. The Morgan fingerprint density at radius 1 is 1.65 bits per heavy atom. The van der Waals surface area contributed by atoms with Gasteiger partial charge in [0.25, 0.3) is 6.04 Å². The molecule has 20 heavy (non-hydrogen) atoms. The molecule has 0 aromatic rings.